The van der Waals surface area contributed by atoms with Crippen LogP contribution in [0, 0.1) is 17.7 Å². The van der Waals surface area contributed by atoms with Crippen LogP contribution < -0.4 is 10.1 Å². The van der Waals surface area contributed by atoms with Gasteiger partial charge in [-0.1, -0.05) is 61.8 Å². The van der Waals surface area contributed by atoms with E-state index in [2.05, 4.69) is 19.2 Å². The van der Waals surface area contributed by atoms with E-state index in [1.807, 2.05) is 36.4 Å². The zero-order valence-electron chi connectivity index (χ0n) is 19.3. The predicted octanol–water partition coefficient (Wildman–Crippen LogP) is 7.01. The molecule has 1 aliphatic heterocycles. The summed E-state index contributed by atoms with van der Waals surface area (Å²) in [6, 6.07) is 21.6. The zero-order chi connectivity index (χ0) is 24.1. The van der Waals surface area contributed by atoms with Crippen LogP contribution in [0.2, 0.25) is 5.02 Å². The number of carbonyl (C=O) groups is 1. The third kappa shape index (κ3) is 5.96. The van der Waals surface area contributed by atoms with Gasteiger partial charge >= 0.3 is 0 Å². The molecular weight excluding hydrogens is 453 g/mol. The molecule has 0 unspecified atom stereocenters. The molecule has 3 aromatic carbocycles. The van der Waals surface area contributed by atoms with Gasteiger partial charge in [-0.2, -0.15) is 0 Å². The fraction of sp³-hybridized carbons (Fsp3) is 0.321. The Bertz CT molecular complexity index is 1120. The topological polar surface area (TPSA) is 47.6 Å². The minimum atomic E-state index is -0.263. The second-order valence-corrected chi connectivity index (χ2v) is 9.47. The van der Waals surface area contributed by atoms with Gasteiger partial charge in [-0.05, 0) is 65.8 Å². The lowest BCUT2D eigenvalue weighted by Crippen LogP contribution is -2.31. The van der Waals surface area contributed by atoms with Crippen LogP contribution in [0.3, 0.4) is 0 Å². The lowest BCUT2D eigenvalue weighted by molar-refractivity contribution is -0.118. The molecule has 1 amide bonds. The van der Waals surface area contributed by atoms with Crippen LogP contribution in [0.15, 0.2) is 72.8 Å². The maximum Gasteiger partial charge on any atom is 0.262 e. The Morgan fingerprint density at radius 2 is 1.88 bits per heavy atom. The van der Waals surface area contributed by atoms with E-state index in [0.717, 1.165) is 17.5 Å². The van der Waals surface area contributed by atoms with E-state index in [0.29, 0.717) is 29.0 Å². The lowest BCUT2D eigenvalue weighted by atomic mass is 9.76. The van der Waals surface area contributed by atoms with E-state index in [4.69, 9.17) is 21.1 Å². The molecule has 0 radical (unpaired) electrons. The van der Waals surface area contributed by atoms with Crippen molar-refractivity contribution in [3.05, 3.63) is 94.8 Å². The molecule has 0 aliphatic carbocycles. The highest BCUT2D eigenvalue weighted by Gasteiger charge is 2.35. The summed E-state index contributed by atoms with van der Waals surface area (Å²) in [7, 11) is 0. The van der Waals surface area contributed by atoms with Gasteiger partial charge in [0.2, 0.25) is 0 Å². The fourth-order valence-corrected chi connectivity index (χ4v) is 4.71. The van der Waals surface area contributed by atoms with Crippen molar-refractivity contribution in [1.82, 2.24) is 0 Å². The Hall–Kier alpha value is -2.89. The first-order valence-corrected chi connectivity index (χ1v) is 11.9. The molecule has 178 valence electrons. The highest BCUT2D eigenvalue weighted by molar-refractivity contribution is 6.30. The Labute approximate surface area is 205 Å². The Kier molecular flexibility index (Phi) is 7.86. The summed E-state index contributed by atoms with van der Waals surface area (Å²) in [5.74, 6) is 0.856. The molecule has 6 heteroatoms. The molecule has 4 rings (SSSR count). The maximum atomic E-state index is 14.3. The van der Waals surface area contributed by atoms with Crippen molar-refractivity contribution in [2.75, 3.05) is 18.5 Å². The molecule has 3 aromatic rings. The monoisotopic (exact) mass is 481 g/mol. The van der Waals surface area contributed by atoms with Crippen molar-refractivity contribution in [3.63, 3.8) is 0 Å². The Morgan fingerprint density at radius 3 is 2.59 bits per heavy atom. The molecule has 0 spiro atoms. The van der Waals surface area contributed by atoms with E-state index in [-0.39, 0.29) is 36.3 Å². The van der Waals surface area contributed by atoms with Crippen LogP contribution in [0.4, 0.5) is 10.1 Å². The fourth-order valence-electron chi connectivity index (χ4n) is 4.52. The first-order valence-electron chi connectivity index (χ1n) is 11.5. The van der Waals surface area contributed by atoms with Crippen molar-refractivity contribution in [2.45, 2.75) is 32.3 Å². The third-order valence-electron chi connectivity index (χ3n) is 6.31. The van der Waals surface area contributed by atoms with Gasteiger partial charge in [0.05, 0.1) is 12.7 Å². The molecule has 3 atom stereocenters. The summed E-state index contributed by atoms with van der Waals surface area (Å²) in [4.78, 5) is 12.2. The molecule has 1 saturated heterocycles. The van der Waals surface area contributed by atoms with Crippen molar-refractivity contribution < 1.29 is 18.7 Å². The first kappa shape index (κ1) is 24.2. The summed E-state index contributed by atoms with van der Waals surface area (Å²) in [5.41, 5.74) is 2.41. The average molecular weight is 482 g/mol. The number of ether oxygens (including phenoxy) is 2. The first-order chi connectivity index (χ1) is 16.4. The van der Waals surface area contributed by atoms with Crippen LogP contribution in [0.1, 0.15) is 43.4 Å². The minimum Gasteiger partial charge on any atom is -0.484 e. The normalized spacial score (nSPS) is 20.2. The smallest absolute Gasteiger partial charge is 0.262 e. The van der Waals surface area contributed by atoms with Crippen LogP contribution in [-0.4, -0.2) is 19.1 Å². The van der Waals surface area contributed by atoms with Gasteiger partial charge in [-0.3, -0.25) is 4.79 Å². The molecule has 1 N–H and O–H groups in total. The predicted molar refractivity (Wildman–Crippen MR) is 133 cm³/mol. The van der Waals surface area contributed by atoms with Gasteiger partial charge in [-0.15, -0.1) is 0 Å². The van der Waals surface area contributed by atoms with Crippen LogP contribution in [0.5, 0.6) is 5.75 Å². The van der Waals surface area contributed by atoms with E-state index in [9.17, 15) is 9.18 Å². The Morgan fingerprint density at radius 1 is 1.12 bits per heavy atom. The molecule has 0 saturated carbocycles. The van der Waals surface area contributed by atoms with Crippen molar-refractivity contribution in [2.24, 2.45) is 11.8 Å². The summed E-state index contributed by atoms with van der Waals surface area (Å²) < 4.78 is 26.3. The van der Waals surface area contributed by atoms with Gasteiger partial charge in [0.15, 0.2) is 6.61 Å². The number of benzene rings is 3. The lowest BCUT2D eigenvalue weighted by Gasteiger charge is -2.39. The second-order valence-electron chi connectivity index (χ2n) is 9.03. The molecule has 34 heavy (non-hydrogen) atoms. The van der Waals surface area contributed by atoms with Gasteiger partial charge in [0.1, 0.15) is 11.6 Å². The van der Waals surface area contributed by atoms with Crippen LogP contribution in [-0.2, 0) is 9.53 Å². The van der Waals surface area contributed by atoms with Gasteiger partial charge in [0, 0.05) is 16.6 Å². The summed E-state index contributed by atoms with van der Waals surface area (Å²) in [6.07, 6.45) is 0.800. The number of hydrogen-bond donors (Lipinski definition) is 1. The SMILES string of the molecule is CC(C)[C@@H]1C[C@H](c2ccccc2F)CO[C@H]1c1ccc(OCC(=O)Nc2cccc(Cl)c2)cc1. The number of halogens is 2. The third-order valence-corrected chi connectivity index (χ3v) is 6.55. The molecule has 1 heterocycles. The van der Waals surface area contributed by atoms with E-state index in [1.165, 1.54) is 6.07 Å². The van der Waals surface area contributed by atoms with Crippen LogP contribution >= 0.6 is 11.6 Å². The molecule has 4 nitrogen and oxygen atoms in total. The van der Waals surface area contributed by atoms with Gasteiger partial charge in [0.25, 0.3) is 5.91 Å². The molecule has 0 bridgehead atoms. The highest BCUT2D eigenvalue weighted by Crippen LogP contribution is 2.44. The summed E-state index contributed by atoms with van der Waals surface area (Å²) in [5, 5.41) is 3.32. The summed E-state index contributed by atoms with van der Waals surface area (Å²) in [6.45, 7) is 4.74. The van der Waals surface area contributed by atoms with Crippen molar-refractivity contribution in [3.8, 4) is 5.75 Å². The standard InChI is InChI=1S/C28H29ClFNO3/c1-18(2)25-14-20(24-8-3-4-9-26(24)30)16-34-28(25)19-10-12-23(13-11-19)33-17-27(32)31-22-7-5-6-21(29)15-22/h3-13,15,18,20,25,28H,14,16-17H2,1-2H3,(H,31,32)/t20-,25-,28-/m0/s1. The molecular formula is C28H29ClFNO3. The number of nitrogens with one attached hydrogen (secondary N) is 1. The number of hydrogen-bond acceptors (Lipinski definition) is 3. The summed E-state index contributed by atoms with van der Waals surface area (Å²) >= 11 is 5.95. The van der Waals surface area contributed by atoms with Gasteiger partial charge < -0.3 is 14.8 Å². The largest absolute Gasteiger partial charge is 0.484 e. The number of carbonyl (C=O) groups excluding carboxylic acids is 1. The van der Waals surface area contributed by atoms with E-state index < -0.39 is 0 Å². The number of anilines is 1. The average Bonchev–Trinajstić information content (AvgIpc) is 2.83. The van der Waals surface area contributed by atoms with Crippen molar-refractivity contribution >= 4 is 23.2 Å². The van der Waals surface area contributed by atoms with E-state index >= 15 is 0 Å². The van der Waals surface area contributed by atoms with E-state index in [1.54, 1.807) is 30.3 Å². The van der Waals surface area contributed by atoms with Crippen LogP contribution in [0.25, 0.3) is 0 Å². The maximum absolute atomic E-state index is 14.3. The molecule has 0 aromatic heterocycles. The van der Waals surface area contributed by atoms with Crippen molar-refractivity contribution in [1.29, 1.82) is 0 Å². The molecule has 1 aliphatic rings. The van der Waals surface area contributed by atoms with Gasteiger partial charge in [-0.25, -0.2) is 4.39 Å². The number of amides is 1. The zero-order valence-corrected chi connectivity index (χ0v) is 20.1. The Balaban J connectivity index is 1.37. The second kappa shape index (κ2) is 11.0. The number of rotatable bonds is 7. The molecule has 1 fully saturated rings. The quantitative estimate of drug-likeness (QED) is 0.394. The highest BCUT2D eigenvalue weighted by atomic mass is 35.5. The minimum absolute atomic E-state index is 0.0467.